The number of benzene rings is 3. The van der Waals surface area contributed by atoms with Gasteiger partial charge in [0.25, 0.3) is 0 Å². The van der Waals surface area contributed by atoms with Crippen LogP contribution in [0.25, 0.3) is 0 Å². The molecular formula is C27H29N3O4. The van der Waals surface area contributed by atoms with E-state index in [0.29, 0.717) is 29.9 Å². The van der Waals surface area contributed by atoms with Crippen molar-refractivity contribution in [3.05, 3.63) is 96.6 Å². The lowest BCUT2D eigenvalue weighted by Crippen LogP contribution is -2.22. The van der Waals surface area contributed by atoms with Gasteiger partial charge >= 0.3 is 6.09 Å². The third kappa shape index (κ3) is 7.41. The number of hydrogen-bond donors (Lipinski definition) is 4. The number of phenols is 1. The number of amides is 2. The van der Waals surface area contributed by atoms with Crippen LogP contribution < -0.4 is 16.4 Å². The molecule has 3 aromatic carbocycles. The molecule has 0 aromatic heterocycles. The first-order chi connectivity index (χ1) is 16.4. The van der Waals surface area contributed by atoms with E-state index < -0.39 is 12.2 Å². The Bertz CT molecular complexity index is 1110. The van der Waals surface area contributed by atoms with Crippen LogP contribution in [0.3, 0.4) is 0 Å². The summed E-state index contributed by atoms with van der Waals surface area (Å²) in [6.07, 6.45) is 3.43. The lowest BCUT2D eigenvalue weighted by molar-refractivity contribution is -0.111. The van der Waals surface area contributed by atoms with Crippen LogP contribution in [-0.2, 0) is 9.53 Å². The Kier molecular flexibility index (Phi) is 8.68. The first-order valence-corrected chi connectivity index (χ1v) is 11.1. The second kappa shape index (κ2) is 12.1. The molecule has 2 atom stereocenters. The van der Waals surface area contributed by atoms with Crippen LogP contribution in [0.15, 0.2) is 91.0 Å². The quantitative estimate of drug-likeness (QED) is 0.236. The molecule has 0 heterocycles. The molecule has 0 saturated carbocycles. The average Bonchev–Trinajstić information content (AvgIpc) is 2.83. The Morgan fingerprint density at radius 1 is 0.971 bits per heavy atom. The molecule has 176 valence electrons. The summed E-state index contributed by atoms with van der Waals surface area (Å²) in [5, 5.41) is 15.1. The Balaban J connectivity index is 1.59. The minimum Gasteiger partial charge on any atom is -0.508 e. The molecule has 0 aliphatic carbocycles. The van der Waals surface area contributed by atoms with E-state index in [1.54, 1.807) is 66.7 Å². The van der Waals surface area contributed by atoms with E-state index in [4.69, 9.17) is 10.5 Å². The number of carbonyl (C=O) groups is 2. The number of anilines is 3. The summed E-state index contributed by atoms with van der Waals surface area (Å²) in [5.41, 5.74) is 8.32. The van der Waals surface area contributed by atoms with Crippen LogP contribution in [0.4, 0.5) is 21.9 Å². The fourth-order valence-corrected chi connectivity index (χ4v) is 3.45. The van der Waals surface area contributed by atoms with Crippen LogP contribution in [0.2, 0.25) is 0 Å². The molecule has 0 saturated heterocycles. The number of carbonyl (C=O) groups excluding carboxylic acids is 2. The number of phenolic OH excluding ortho intramolecular Hbond substituents is 1. The van der Waals surface area contributed by atoms with Crippen molar-refractivity contribution < 1.29 is 19.4 Å². The van der Waals surface area contributed by atoms with Crippen molar-refractivity contribution in [2.24, 2.45) is 5.92 Å². The van der Waals surface area contributed by atoms with Crippen LogP contribution in [-0.4, -0.2) is 17.1 Å². The van der Waals surface area contributed by atoms with E-state index in [2.05, 4.69) is 10.6 Å². The zero-order chi connectivity index (χ0) is 24.3. The molecule has 0 aliphatic rings. The summed E-state index contributed by atoms with van der Waals surface area (Å²) in [6, 6.07) is 22.7. The Labute approximate surface area is 199 Å². The summed E-state index contributed by atoms with van der Waals surface area (Å²) in [6.45, 7) is 1.98. The van der Waals surface area contributed by atoms with Gasteiger partial charge in [0, 0.05) is 5.69 Å². The van der Waals surface area contributed by atoms with E-state index in [-0.39, 0.29) is 17.6 Å². The van der Waals surface area contributed by atoms with Crippen LogP contribution >= 0.6 is 0 Å². The minimum absolute atomic E-state index is 0.0523. The molecule has 3 rings (SSSR count). The number of nitrogens with one attached hydrogen (secondary N) is 2. The van der Waals surface area contributed by atoms with Gasteiger partial charge in [-0.05, 0) is 66.8 Å². The summed E-state index contributed by atoms with van der Waals surface area (Å²) in [4.78, 5) is 24.7. The molecule has 3 aromatic rings. The smallest absolute Gasteiger partial charge is 0.412 e. The number of nitrogens with two attached hydrogens (primary N) is 1. The van der Waals surface area contributed by atoms with Gasteiger partial charge in [0.05, 0.1) is 11.4 Å². The Morgan fingerprint density at radius 2 is 1.65 bits per heavy atom. The Morgan fingerprint density at radius 3 is 2.35 bits per heavy atom. The summed E-state index contributed by atoms with van der Waals surface area (Å²) >= 11 is 0. The van der Waals surface area contributed by atoms with Gasteiger partial charge in [0.2, 0.25) is 5.91 Å². The number of nitrogen functional groups attached to an aromatic ring is 1. The third-order valence-electron chi connectivity index (χ3n) is 5.27. The van der Waals surface area contributed by atoms with E-state index in [1.165, 1.54) is 6.08 Å². The first kappa shape index (κ1) is 24.4. The predicted octanol–water partition coefficient (Wildman–Crippen LogP) is 5.88. The maximum absolute atomic E-state index is 12.5. The number of para-hydroxylation sites is 3. The Hall–Kier alpha value is -4.26. The SMILES string of the molecule is C[C@@H](CC/C=C/C(=O)Nc1ccccc1N)[C@@H](OC(=O)Nc1ccccc1)c1ccc(O)cc1. The van der Waals surface area contributed by atoms with Crippen molar-refractivity contribution in [2.75, 3.05) is 16.4 Å². The predicted molar refractivity (Wildman–Crippen MR) is 134 cm³/mol. The monoisotopic (exact) mass is 459 g/mol. The highest BCUT2D eigenvalue weighted by atomic mass is 16.6. The van der Waals surface area contributed by atoms with E-state index in [1.807, 2.05) is 25.1 Å². The zero-order valence-electron chi connectivity index (χ0n) is 19.0. The van der Waals surface area contributed by atoms with Gasteiger partial charge in [-0.2, -0.15) is 0 Å². The van der Waals surface area contributed by atoms with Gasteiger partial charge in [0.15, 0.2) is 0 Å². The van der Waals surface area contributed by atoms with E-state index >= 15 is 0 Å². The van der Waals surface area contributed by atoms with Crippen molar-refractivity contribution in [3.8, 4) is 5.75 Å². The highest BCUT2D eigenvalue weighted by Gasteiger charge is 2.23. The molecule has 0 fully saturated rings. The number of hydrogen-bond acceptors (Lipinski definition) is 5. The second-order valence-corrected chi connectivity index (χ2v) is 7.94. The molecule has 7 heteroatoms. The lowest BCUT2D eigenvalue weighted by Gasteiger charge is -2.24. The van der Waals surface area contributed by atoms with Crippen molar-refractivity contribution in [1.82, 2.24) is 0 Å². The van der Waals surface area contributed by atoms with Gasteiger partial charge in [-0.1, -0.05) is 55.5 Å². The van der Waals surface area contributed by atoms with E-state index in [0.717, 1.165) is 5.56 Å². The molecule has 0 spiro atoms. The average molecular weight is 460 g/mol. The molecular weight excluding hydrogens is 430 g/mol. The van der Waals surface area contributed by atoms with Crippen LogP contribution in [0, 0.1) is 5.92 Å². The van der Waals surface area contributed by atoms with Crippen molar-refractivity contribution in [1.29, 1.82) is 0 Å². The highest BCUT2D eigenvalue weighted by molar-refractivity contribution is 6.01. The maximum atomic E-state index is 12.5. The normalized spacial score (nSPS) is 12.6. The van der Waals surface area contributed by atoms with Crippen LogP contribution in [0.1, 0.15) is 31.4 Å². The molecule has 7 nitrogen and oxygen atoms in total. The van der Waals surface area contributed by atoms with E-state index in [9.17, 15) is 14.7 Å². The number of allylic oxidation sites excluding steroid dienone is 1. The minimum atomic E-state index is -0.563. The van der Waals surface area contributed by atoms with Crippen molar-refractivity contribution >= 4 is 29.1 Å². The van der Waals surface area contributed by atoms with Gasteiger partial charge in [0.1, 0.15) is 11.9 Å². The number of rotatable bonds is 9. The first-order valence-electron chi connectivity index (χ1n) is 11.1. The molecule has 2 amide bonds. The van der Waals surface area contributed by atoms with Gasteiger partial charge in [-0.3, -0.25) is 10.1 Å². The lowest BCUT2D eigenvalue weighted by atomic mass is 9.93. The van der Waals surface area contributed by atoms with Gasteiger partial charge < -0.3 is 20.9 Å². The maximum Gasteiger partial charge on any atom is 0.412 e. The van der Waals surface area contributed by atoms with Crippen molar-refractivity contribution in [2.45, 2.75) is 25.9 Å². The topological polar surface area (TPSA) is 114 Å². The number of aromatic hydroxyl groups is 1. The molecule has 0 radical (unpaired) electrons. The van der Waals surface area contributed by atoms with Gasteiger partial charge in [-0.15, -0.1) is 0 Å². The highest BCUT2D eigenvalue weighted by Crippen LogP contribution is 2.31. The third-order valence-corrected chi connectivity index (χ3v) is 5.27. The fraction of sp³-hybridized carbons (Fsp3) is 0.185. The largest absolute Gasteiger partial charge is 0.508 e. The standard InChI is InChI=1S/C27H29N3O4/c1-19(9-5-8-14-25(32)30-24-13-7-6-12-23(24)28)26(20-15-17-22(31)18-16-20)34-27(33)29-21-10-3-2-4-11-21/h2-4,6-8,10-19,26,31H,5,9,28H2,1H3,(H,29,33)(H,30,32)/b14-8+/t19-,26+/m0/s1. The molecule has 0 unspecified atom stereocenters. The van der Waals surface area contributed by atoms with Crippen molar-refractivity contribution in [3.63, 3.8) is 0 Å². The molecule has 34 heavy (non-hydrogen) atoms. The number of ether oxygens (including phenoxy) is 1. The molecule has 0 aliphatic heterocycles. The molecule has 0 bridgehead atoms. The molecule has 5 N–H and O–H groups in total. The fourth-order valence-electron chi connectivity index (χ4n) is 3.45. The summed E-state index contributed by atoms with van der Waals surface area (Å²) in [5.74, 6) is -0.181. The van der Waals surface area contributed by atoms with Gasteiger partial charge in [-0.25, -0.2) is 4.79 Å². The summed E-state index contributed by atoms with van der Waals surface area (Å²) < 4.78 is 5.76. The van der Waals surface area contributed by atoms with Crippen LogP contribution in [0.5, 0.6) is 5.75 Å². The second-order valence-electron chi connectivity index (χ2n) is 7.94. The summed E-state index contributed by atoms with van der Waals surface area (Å²) in [7, 11) is 0. The zero-order valence-corrected chi connectivity index (χ0v) is 19.0.